The first-order chi connectivity index (χ1) is 9.99. The van der Waals surface area contributed by atoms with Crippen LogP contribution < -0.4 is 10.6 Å². The Balaban J connectivity index is 2.67. The Morgan fingerprint density at radius 3 is 2.62 bits per heavy atom. The van der Waals surface area contributed by atoms with Gasteiger partial charge in [-0.3, -0.25) is 0 Å². The van der Waals surface area contributed by atoms with E-state index in [1.165, 1.54) is 14.2 Å². The van der Waals surface area contributed by atoms with E-state index in [1.54, 1.807) is 25.1 Å². The molecule has 2 amide bonds. The van der Waals surface area contributed by atoms with Crippen LogP contribution in [-0.2, 0) is 9.47 Å². The Bertz CT molecular complexity index is 504. The van der Waals surface area contributed by atoms with Gasteiger partial charge >= 0.3 is 12.0 Å². The molecule has 1 rings (SSSR count). The smallest absolute Gasteiger partial charge is 0.338 e. The second-order valence-electron chi connectivity index (χ2n) is 4.45. The maximum atomic E-state index is 11.8. The minimum Gasteiger partial charge on any atom is -0.478 e. The van der Waals surface area contributed by atoms with E-state index in [2.05, 4.69) is 10.6 Å². The van der Waals surface area contributed by atoms with Gasteiger partial charge in [-0.2, -0.15) is 0 Å². The van der Waals surface area contributed by atoms with Crippen molar-refractivity contribution >= 4 is 17.7 Å². The van der Waals surface area contributed by atoms with Crippen molar-refractivity contribution in [3.63, 3.8) is 0 Å². The van der Waals surface area contributed by atoms with Crippen LogP contribution in [0.2, 0.25) is 0 Å². The SMILES string of the molecule is COCC(CNC(=O)Nc1cccc(C)c1C(=O)O)OC. The summed E-state index contributed by atoms with van der Waals surface area (Å²) in [6, 6.07) is 4.40. The number of nitrogens with one attached hydrogen (secondary N) is 2. The second kappa shape index (κ2) is 8.23. The van der Waals surface area contributed by atoms with Gasteiger partial charge in [0.25, 0.3) is 0 Å². The number of rotatable bonds is 7. The van der Waals surface area contributed by atoms with Crippen molar-refractivity contribution in [2.24, 2.45) is 0 Å². The normalized spacial score (nSPS) is 11.8. The average molecular weight is 296 g/mol. The van der Waals surface area contributed by atoms with Crippen molar-refractivity contribution in [1.29, 1.82) is 0 Å². The number of carboxylic acid groups (broad SMARTS) is 1. The monoisotopic (exact) mass is 296 g/mol. The number of carboxylic acids is 1. The number of aryl methyl sites for hydroxylation is 1. The van der Waals surface area contributed by atoms with Crippen molar-refractivity contribution in [2.45, 2.75) is 13.0 Å². The van der Waals surface area contributed by atoms with Crippen LogP contribution in [0.1, 0.15) is 15.9 Å². The van der Waals surface area contributed by atoms with Crippen LogP contribution in [0, 0.1) is 6.92 Å². The third kappa shape index (κ3) is 5.05. The summed E-state index contributed by atoms with van der Waals surface area (Å²) in [5.41, 5.74) is 0.906. The van der Waals surface area contributed by atoms with Gasteiger partial charge in [0.1, 0.15) is 0 Å². The summed E-state index contributed by atoms with van der Waals surface area (Å²) >= 11 is 0. The van der Waals surface area contributed by atoms with Crippen LogP contribution in [0.3, 0.4) is 0 Å². The molecule has 7 heteroatoms. The van der Waals surface area contributed by atoms with E-state index in [0.29, 0.717) is 12.2 Å². The Kier molecular flexibility index (Phi) is 6.64. The summed E-state index contributed by atoms with van der Waals surface area (Å²) in [6.45, 7) is 2.28. The van der Waals surface area contributed by atoms with Crippen molar-refractivity contribution in [3.8, 4) is 0 Å². The molecule has 21 heavy (non-hydrogen) atoms. The number of aromatic carboxylic acids is 1. The van der Waals surface area contributed by atoms with Crippen molar-refractivity contribution < 1.29 is 24.2 Å². The highest BCUT2D eigenvalue weighted by molar-refractivity contribution is 6.01. The van der Waals surface area contributed by atoms with Crippen LogP contribution in [-0.4, -0.2) is 50.6 Å². The number of methoxy groups -OCH3 is 2. The zero-order valence-corrected chi connectivity index (χ0v) is 12.3. The summed E-state index contributed by atoms with van der Waals surface area (Å²) in [4.78, 5) is 23.0. The zero-order chi connectivity index (χ0) is 15.8. The van der Waals surface area contributed by atoms with Crippen molar-refractivity contribution in [1.82, 2.24) is 5.32 Å². The fraction of sp³-hybridized carbons (Fsp3) is 0.429. The number of benzene rings is 1. The summed E-state index contributed by atoms with van der Waals surface area (Å²) in [5, 5.41) is 14.3. The standard InChI is InChI=1S/C14H20N2O5/c1-9-5-4-6-11(12(9)13(17)18)16-14(19)15-7-10(21-3)8-20-2/h4-6,10H,7-8H2,1-3H3,(H,17,18)(H2,15,16,19). The lowest BCUT2D eigenvalue weighted by atomic mass is 10.1. The van der Waals surface area contributed by atoms with Gasteiger partial charge in [-0.25, -0.2) is 9.59 Å². The molecular formula is C14H20N2O5. The minimum atomic E-state index is -1.09. The number of hydrogen-bond donors (Lipinski definition) is 3. The van der Waals surface area contributed by atoms with E-state index < -0.39 is 12.0 Å². The van der Waals surface area contributed by atoms with Gasteiger partial charge in [-0.05, 0) is 18.6 Å². The molecule has 0 radical (unpaired) electrons. The van der Waals surface area contributed by atoms with E-state index in [4.69, 9.17) is 9.47 Å². The maximum absolute atomic E-state index is 11.8. The lowest BCUT2D eigenvalue weighted by Crippen LogP contribution is -2.38. The molecule has 3 N–H and O–H groups in total. The Morgan fingerprint density at radius 2 is 2.05 bits per heavy atom. The molecule has 0 spiro atoms. The number of carbonyl (C=O) groups is 2. The molecule has 1 aromatic carbocycles. The van der Waals surface area contributed by atoms with Gasteiger partial charge in [-0.1, -0.05) is 12.1 Å². The molecule has 1 unspecified atom stereocenters. The average Bonchev–Trinajstić information content (AvgIpc) is 2.43. The molecule has 0 saturated heterocycles. The van der Waals surface area contributed by atoms with E-state index >= 15 is 0 Å². The summed E-state index contributed by atoms with van der Waals surface area (Å²) in [7, 11) is 3.06. The highest BCUT2D eigenvalue weighted by Crippen LogP contribution is 2.19. The van der Waals surface area contributed by atoms with E-state index in [-0.39, 0.29) is 23.9 Å². The van der Waals surface area contributed by atoms with Crippen LogP contribution in [0.5, 0.6) is 0 Å². The molecule has 7 nitrogen and oxygen atoms in total. The molecule has 0 aliphatic carbocycles. The van der Waals surface area contributed by atoms with Gasteiger partial charge in [0.2, 0.25) is 0 Å². The summed E-state index contributed by atoms with van der Waals surface area (Å²) in [5.74, 6) is -1.09. The van der Waals surface area contributed by atoms with Gasteiger partial charge in [0, 0.05) is 20.8 Å². The Morgan fingerprint density at radius 1 is 1.33 bits per heavy atom. The molecule has 0 bridgehead atoms. The first-order valence-electron chi connectivity index (χ1n) is 6.39. The van der Waals surface area contributed by atoms with E-state index in [9.17, 15) is 14.7 Å². The third-order valence-electron chi connectivity index (χ3n) is 2.91. The first kappa shape index (κ1) is 16.9. The lowest BCUT2D eigenvalue weighted by molar-refractivity contribution is 0.0307. The zero-order valence-electron chi connectivity index (χ0n) is 12.3. The van der Waals surface area contributed by atoms with Crippen LogP contribution >= 0.6 is 0 Å². The topological polar surface area (TPSA) is 96.9 Å². The molecule has 1 aromatic rings. The van der Waals surface area contributed by atoms with Crippen LogP contribution in [0.4, 0.5) is 10.5 Å². The van der Waals surface area contributed by atoms with E-state index in [1.807, 2.05) is 0 Å². The van der Waals surface area contributed by atoms with Crippen molar-refractivity contribution in [2.75, 3.05) is 32.7 Å². The largest absolute Gasteiger partial charge is 0.478 e. The quantitative estimate of drug-likeness (QED) is 0.708. The lowest BCUT2D eigenvalue weighted by Gasteiger charge is -2.16. The van der Waals surface area contributed by atoms with Crippen molar-refractivity contribution in [3.05, 3.63) is 29.3 Å². The minimum absolute atomic E-state index is 0.0767. The van der Waals surface area contributed by atoms with Gasteiger partial charge in [0.05, 0.1) is 24.0 Å². The van der Waals surface area contributed by atoms with Crippen LogP contribution in [0.15, 0.2) is 18.2 Å². The molecule has 0 saturated carbocycles. The number of urea groups is 1. The predicted molar refractivity (Wildman–Crippen MR) is 77.8 cm³/mol. The molecule has 116 valence electrons. The van der Waals surface area contributed by atoms with Gasteiger partial charge < -0.3 is 25.2 Å². The molecule has 0 heterocycles. The number of hydrogen-bond acceptors (Lipinski definition) is 4. The summed E-state index contributed by atoms with van der Waals surface area (Å²) in [6.07, 6.45) is -0.266. The second-order valence-corrected chi connectivity index (χ2v) is 4.45. The number of ether oxygens (including phenoxy) is 2. The maximum Gasteiger partial charge on any atom is 0.338 e. The molecule has 1 atom stereocenters. The Hall–Kier alpha value is -2.12. The first-order valence-corrected chi connectivity index (χ1v) is 6.39. The number of anilines is 1. The predicted octanol–water partition coefficient (Wildman–Crippen LogP) is 1.48. The van der Waals surface area contributed by atoms with E-state index in [0.717, 1.165) is 0 Å². The molecule has 0 fully saturated rings. The number of amides is 2. The fourth-order valence-corrected chi connectivity index (χ4v) is 1.83. The highest BCUT2D eigenvalue weighted by atomic mass is 16.5. The molecule has 0 aliphatic heterocycles. The highest BCUT2D eigenvalue weighted by Gasteiger charge is 2.15. The third-order valence-corrected chi connectivity index (χ3v) is 2.91. The molecule has 0 aliphatic rings. The van der Waals surface area contributed by atoms with Gasteiger partial charge in [-0.15, -0.1) is 0 Å². The van der Waals surface area contributed by atoms with Gasteiger partial charge in [0.15, 0.2) is 0 Å². The van der Waals surface area contributed by atoms with Crippen LogP contribution in [0.25, 0.3) is 0 Å². The Labute approximate surface area is 123 Å². The summed E-state index contributed by atoms with van der Waals surface area (Å²) < 4.78 is 10.0. The fourth-order valence-electron chi connectivity index (χ4n) is 1.83. The molecular weight excluding hydrogens is 276 g/mol. The molecule has 0 aromatic heterocycles. The number of carbonyl (C=O) groups excluding carboxylic acids is 1.